The number of hydrogen-bond acceptors (Lipinski definition) is 5. The van der Waals surface area contributed by atoms with Crippen molar-refractivity contribution in [2.45, 2.75) is 51.8 Å². The average molecular weight is 450 g/mol. The highest BCUT2D eigenvalue weighted by molar-refractivity contribution is 5.97. The van der Waals surface area contributed by atoms with E-state index in [4.69, 9.17) is 4.74 Å². The highest BCUT2D eigenvalue weighted by Gasteiger charge is 2.34. The van der Waals surface area contributed by atoms with Crippen molar-refractivity contribution in [3.05, 3.63) is 65.4 Å². The molecule has 0 unspecified atom stereocenters. The van der Waals surface area contributed by atoms with E-state index in [9.17, 15) is 9.90 Å². The van der Waals surface area contributed by atoms with Crippen LogP contribution in [0.4, 0.5) is 0 Å². The van der Waals surface area contributed by atoms with Crippen molar-refractivity contribution in [3.63, 3.8) is 0 Å². The maximum absolute atomic E-state index is 13.5. The Hall–Kier alpha value is -2.70. The Kier molecular flexibility index (Phi) is 7.46. The molecule has 0 fully saturated rings. The highest BCUT2D eigenvalue weighted by Crippen LogP contribution is 2.32. The number of aromatic nitrogens is 1. The molecule has 1 aliphatic carbocycles. The van der Waals surface area contributed by atoms with Gasteiger partial charge in [-0.1, -0.05) is 43.3 Å². The first-order chi connectivity index (χ1) is 16.0. The number of benzene rings is 1. The topological polar surface area (TPSA) is 65.9 Å². The zero-order valence-electron chi connectivity index (χ0n) is 19.9. The molecule has 176 valence electrons. The Labute approximate surface area is 196 Å². The van der Waals surface area contributed by atoms with Crippen molar-refractivity contribution >= 4 is 11.5 Å². The van der Waals surface area contributed by atoms with Crippen LogP contribution in [0.2, 0.25) is 0 Å². The Morgan fingerprint density at radius 1 is 1.30 bits per heavy atom. The van der Waals surface area contributed by atoms with E-state index in [1.54, 1.807) is 4.90 Å². The lowest BCUT2D eigenvalue weighted by Gasteiger charge is -2.37. The lowest BCUT2D eigenvalue weighted by Crippen LogP contribution is -2.49. The first-order valence-electron chi connectivity index (χ1n) is 12.0. The number of nitrogens with zero attached hydrogens (tertiary/aromatic N) is 3. The zero-order valence-corrected chi connectivity index (χ0v) is 19.9. The summed E-state index contributed by atoms with van der Waals surface area (Å²) < 4.78 is 6.43. The standard InChI is InChI=1S/C27H35N3O3/c1-19-15-30(20(2)18-31)27(32)24-13-23(22-11-7-8-12-22)14-28-26(24)33-25(19)17-29(3)16-21-9-5-4-6-10-21/h4-6,9-11,13-14,19-20,25,31H,7-8,12,15-18H2,1-3H3/t19-,20-,25+/m1/s1. The number of aliphatic hydroxyl groups excluding tert-OH is 1. The fraction of sp³-hybridized carbons (Fsp3) is 0.481. The Balaban J connectivity index is 1.62. The molecule has 1 aliphatic heterocycles. The summed E-state index contributed by atoms with van der Waals surface area (Å²) in [5, 5.41) is 9.85. The minimum absolute atomic E-state index is 0.0772. The molecule has 4 rings (SSSR count). The monoisotopic (exact) mass is 449 g/mol. The van der Waals surface area contributed by atoms with Gasteiger partial charge in [0.15, 0.2) is 0 Å². The molecule has 2 aliphatic rings. The first-order valence-corrected chi connectivity index (χ1v) is 12.0. The van der Waals surface area contributed by atoms with Crippen molar-refractivity contribution in [2.24, 2.45) is 5.92 Å². The van der Waals surface area contributed by atoms with Gasteiger partial charge < -0.3 is 14.7 Å². The van der Waals surface area contributed by atoms with Crippen LogP contribution >= 0.6 is 0 Å². The summed E-state index contributed by atoms with van der Waals surface area (Å²) >= 11 is 0. The third-order valence-electron chi connectivity index (χ3n) is 6.72. The quantitative estimate of drug-likeness (QED) is 0.692. The van der Waals surface area contributed by atoms with Crippen LogP contribution in [0.1, 0.15) is 54.6 Å². The molecule has 0 spiro atoms. The number of hydrogen-bond donors (Lipinski definition) is 1. The van der Waals surface area contributed by atoms with Gasteiger partial charge >= 0.3 is 0 Å². The lowest BCUT2D eigenvalue weighted by molar-refractivity contribution is 0.0325. The summed E-state index contributed by atoms with van der Waals surface area (Å²) in [4.78, 5) is 22.2. The Morgan fingerprint density at radius 2 is 2.09 bits per heavy atom. The predicted octanol–water partition coefficient (Wildman–Crippen LogP) is 4.00. The average Bonchev–Trinajstić information content (AvgIpc) is 3.36. The number of carbonyl (C=O) groups is 1. The predicted molar refractivity (Wildman–Crippen MR) is 130 cm³/mol. The van der Waals surface area contributed by atoms with E-state index in [1.165, 1.54) is 11.1 Å². The molecular formula is C27H35N3O3. The molecule has 0 radical (unpaired) electrons. The van der Waals surface area contributed by atoms with Crippen molar-refractivity contribution in [3.8, 4) is 5.88 Å². The molecule has 0 saturated heterocycles. The molecule has 1 N–H and O–H groups in total. The van der Waals surface area contributed by atoms with Crippen LogP contribution in [0.3, 0.4) is 0 Å². The number of carbonyl (C=O) groups excluding carboxylic acids is 1. The molecule has 6 nitrogen and oxygen atoms in total. The number of ether oxygens (including phenoxy) is 1. The summed E-state index contributed by atoms with van der Waals surface area (Å²) in [6, 6.07) is 12.0. The number of rotatable bonds is 7. The maximum Gasteiger partial charge on any atom is 0.259 e. The van der Waals surface area contributed by atoms with E-state index in [2.05, 4.69) is 54.2 Å². The number of pyridine rings is 1. The maximum atomic E-state index is 13.5. The molecule has 1 aromatic heterocycles. The largest absolute Gasteiger partial charge is 0.472 e. The van der Waals surface area contributed by atoms with Crippen LogP contribution in [0.5, 0.6) is 5.88 Å². The summed E-state index contributed by atoms with van der Waals surface area (Å²) in [5.41, 5.74) is 3.97. The Bertz CT molecular complexity index is 991. The van der Waals surface area contributed by atoms with Gasteiger partial charge in [0, 0.05) is 31.7 Å². The fourth-order valence-electron chi connectivity index (χ4n) is 4.70. The summed E-state index contributed by atoms with van der Waals surface area (Å²) in [5.74, 6) is 0.345. The normalized spacial score (nSPS) is 21.8. The minimum Gasteiger partial charge on any atom is -0.472 e. The summed E-state index contributed by atoms with van der Waals surface area (Å²) in [6.45, 7) is 5.96. The number of allylic oxidation sites excluding steroid dienone is 2. The highest BCUT2D eigenvalue weighted by atomic mass is 16.5. The molecule has 1 aromatic carbocycles. The second-order valence-corrected chi connectivity index (χ2v) is 9.50. The van der Waals surface area contributed by atoms with Crippen molar-refractivity contribution in [1.82, 2.24) is 14.8 Å². The molecule has 0 bridgehead atoms. The number of likely N-dealkylation sites (N-methyl/N-ethyl adjacent to an activating group) is 1. The van der Waals surface area contributed by atoms with E-state index in [0.29, 0.717) is 24.5 Å². The van der Waals surface area contributed by atoms with Crippen LogP contribution in [-0.2, 0) is 6.54 Å². The Morgan fingerprint density at radius 3 is 2.79 bits per heavy atom. The smallest absolute Gasteiger partial charge is 0.259 e. The molecular weight excluding hydrogens is 414 g/mol. The zero-order chi connectivity index (χ0) is 23.4. The first kappa shape index (κ1) is 23.5. The van der Waals surface area contributed by atoms with E-state index in [-0.39, 0.29) is 30.6 Å². The lowest BCUT2D eigenvalue weighted by atomic mass is 9.99. The molecule has 3 atom stereocenters. The van der Waals surface area contributed by atoms with Crippen LogP contribution in [0.25, 0.3) is 5.57 Å². The fourth-order valence-corrected chi connectivity index (χ4v) is 4.70. The van der Waals surface area contributed by atoms with Crippen molar-refractivity contribution < 1.29 is 14.6 Å². The second kappa shape index (κ2) is 10.5. The minimum atomic E-state index is -0.275. The van der Waals surface area contributed by atoms with Gasteiger partial charge in [-0.05, 0) is 56.0 Å². The van der Waals surface area contributed by atoms with Gasteiger partial charge in [-0.3, -0.25) is 9.69 Å². The SMILES string of the molecule is C[C@@H]1CN([C@H](C)CO)C(=O)c2cc(C3=CCCC3)cnc2O[C@H]1CN(C)Cc1ccccc1. The molecule has 0 saturated carbocycles. The summed E-state index contributed by atoms with van der Waals surface area (Å²) in [6.07, 6.45) is 7.14. The van der Waals surface area contributed by atoms with Crippen LogP contribution in [0, 0.1) is 5.92 Å². The van der Waals surface area contributed by atoms with Gasteiger partial charge in [-0.15, -0.1) is 0 Å². The van der Waals surface area contributed by atoms with Gasteiger partial charge in [0.1, 0.15) is 11.7 Å². The molecule has 1 amide bonds. The third-order valence-corrected chi connectivity index (χ3v) is 6.72. The van der Waals surface area contributed by atoms with E-state index < -0.39 is 0 Å². The molecule has 6 heteroatoms. The van der Waals surface area contributed by atoms with Gasteiger partial charge in [-0.25, -0.2) is 4.98 Å². The number of amides is 1. The van der Waals surface area contributed by atoms with Gasteiger partial charge in [0.25, 0.3) is 5.91 Å². The van der Waals surface area contributed by atoms with Crippen LogP contribution < -0.4 is 4.74 Å². The van der Waals surface area contributed by atoms with E-state index in [1.807, 2.05) is 25.3 Å². The van der Waals surface area contributed by atoms with Gasteiger partial charge in [-0.2, -0.15) is 0 Å². The number of fused-ring (bicyclic) bond motifs is 1. The molecule has 2 heterocycles. The second-order valence-electron chi connectivity index (χ2n) is 9.50. The van der Waals surface area contributed by atoms with Gasteiger partial charge in [0.2, 0.25) is 5.88 Å². The van der Waals surface area contributed by atoms with E-state index >= 15 is 0 Å². The van der Waals surface area contributed by atoms with Crippen LogP contribution in [0.15, 0.2) is 48.7 Å². The molecule has 33 heavy (non-hydrogen) atoms. The number of aliphatic hydroxyl groups is 1. The van der Waals surface area contributed by atoms with E-state index in [0.717, 1.165) is 31.4 Å². The van der Waals surface area contributed by atoms with Gasteiger partial charge in [0.05, 0.1) is 12.6 Å². The summed E-state index contributed by atoms with van der Waals surface area (Å²) in [7, 11) is 2.09. The molecule has 2 aromatic rings. The van der Waals surface area contributed by atoms with Crippen molar-refractivity contribution in [2.75, 3.05) is 26.7 Å². The van der Waals surface area contributed by atoms with Crippen LogP contribution in [-0.4, -0.2) is 64.7 Å². The third kappa shape index (κ3) is 5.45. The van der Waals surface area contributed by atoms with Crippen molar-refractivity contribution in [1.29, 1.82) is 0 Å².